The first-order valence-electron chi connectivity index (χ1n) is 8.15. The van der Waals surface area contributed by atoms with Gasteiger partial charge in [-0.1, -0.05) is 0 Å². The second-order valence-electron chi connectivity index (χ2n) is 5.50. The summed E-state index contributed by atoms with van der Waals surface area (Å²) in [7, 11) is 0. The van der Waals surface area contributed by atoms with Crippen molar-refractivity contribution in [1.29, 1.82) is 0 Å². The van der Waals surface area contributed by atoms with E-state index < -0.39 is 0 Å². The van der Waals surface area contributed by atoms with Gasteiger partial charge in [0.15, 0.2) is 6.61 Å². The number of rotatable bonds is 7. The molecule has 0 fully saturated rings. The van der Waals surface area contributed by atoms with Crippen molar-refractivity contribution >= 4 is 11.6 Å². The number of hydrogen-bond acceptors (Lipinski definition) is 6. The maximum absolute atomic E-state index is 12.1. The Morgan fingerprint density at radius 1 is 1.12 bits per heavy atom. The van der Waals surface area contributed by atoms with Gasteiger partial charge in [-0.05, 0) is 72.3 Å². The van der Waals surface area contributed by atoms with Crippen molar-refractivity contribution in [3.63, 3.8) is 0 Å². The average Bonchev–Trinajstić information content (AvgIpc) is 3.16. The van der Waals surface area contributed by atoms with Gasteiger partial charge in [0.25, 0.3) is 5.91 Å². The number of nitrogens with zero attached hydrogens (tertiary/aromatic N) is 4. The van der Waals surface area contributed by atoms with Crippen LogP contribution in [0.25, 0.3) is 5.69 Å². The minimum atomic E-state index is -0.242. The maximum atomic E-state index is 12.1. The molecular weight excluding hydrogens is 334 g/mol. The van der Waals surface area contributed by atoms with Crippen LogP contribution in [0, 0.1) is 6.92 Å². The minimum absolute atomic E-state index is 0.0816. The summed E-state index contributed by atoms with van der Waals surface area (Å²) in [6.45, 7) is 4.37. The van der Waals surface area contributed by atoms with Crippen LogP contribution in [0.2, 0.25) is 0 Å². The highest BCUT2D eigenvalue weighted by atomic mass is 16.5. The van der Waals surface area contributed by atoms with Crippen LogP contribution in [0.4, 0.5) is 5.69 Å². The highest BCUT2D eigenvalue weighted by Crippen LogP contribution is 2.19. The number of anilines is 1. The third-order valence-electron chi connectivity index (χ3n) is 3.58. The van der Waals surface area contributed by atoms with Gasteiger partial charge in [-0.3, -0.25) is 4.79 Å². The molecule has 3 rings (SSSR count). The summed E-state index contributed by atoms with van der Waals surface area (Å²) < 4.78 is 12.4. The fourth-order valence-corrected chi connectivity index (χ4v) is 2.41. The van der Waals surface area contributed by atoms with Crippen LogP contribution < -0.4 is 14.8 Å². The molecule has 1 heterocycles. The van der Waals surface area contributed by atoms with Gasteiger partial charge < -0.3 is 14.8 Å². The molecule has 0 bridgehead atoms. The van der Waals surface area contributed by atoms with Crippen LogP contribution in [0.3, 0.4) is 0 Å². The van der Waals surface area contributed by atoms with Gasteiger partial charge in [0.1, 0.15) is 17.8 Å². The summed E-state index contributed by atoms with van der Waals surface area (Å²) in [5, 5.41) is 13.9. The van der Waals surface area contributed by atoms with E-state index in [-0.39, 0.29) is 12.5 Å². The van der Waals surface area contributed by atoms with Crippen molar-refractivity contribution in [2.75, 3.05) is 18.5 Å². The molecule has 0 saturated heterocycles. The number of ether oxygens (including phenoxy) is 2. The molecule has 1 N–H and O–H groups in total. The van der Waals surface area contributed by atoms with E-state index >= 15 is 0 Å². The number of hydrogen-bond donors (Lipinski definition) is 1. The van der Waals surface area contributed by atoms with E-state index in [1.165, 1.54) is 6.33 Å². The number of carbonyl (C=O) groups excluding carboxylic acids is 1. The molecular formula is C18H19N5O3. The summed E-state index contributed by atoms with van der Waals surface area (Å²) >= 11 is 0. The molecule has 3 aromatic rings. The van der Waals surface area contributed by atoms with E-state index in [9.17, 15) is 4.79 Å². The van der Waals surface area contributed by atoms with E-state index in [0.717, 1.165) is 17.0 Å². The van der Waals surface area contributed by atoms with Crippen LogP contribution in [-0.4, -0.2) is 39.3 Å². The molecule has 2 aromatic carbocycles. The van der Waals surface area contributed by atoms with E-state index in [1.54, 1.807) is 35.0 Å². The van der Waals surface area contributed by atoms with Crippen molar-refractivity contribution in [2.45, 2.75) is 13.8 Å². The van der Waals surface area contributed by atoms with Gasteiger partial charge in [0.05, 0.1) is 12.3 Å². The molecule has 1 amide bonds. The largest absolute Gasteiger partial charge is 0.494 e. The molecule has 1 aromatic heterocycles. The van der Waals surface area contributed by atoms with Crippen LogP contribution in [0.15, 0.2) is 48.8 Å². The summed E-state index contributed by atoms with van der Waals surface area (Å²) in [5.41, 5.74) is 2.46. The summed E-state index contributed by atoms with van der Waals surface area (Å²) in [6.07, 6.45) is 1.52. The molecule has 0 aliphatic rings. The summed E-state index contributed by atoms with van der Waals surface area (Å²) in [5.74, 6) is 1.13. The van der Waals surface area contributed by atoms with Crippen molar-refractivity contribution in [3.05, 3.63) is 54.4 Å². The van der Waals surface area contributed by atoms with Crippen LogP contribution >= 0.6 is 0 Å². The highest BCUT2D eigenvalue weighted by molar-refractivity contribution is 5.92. The lowest BCUT2D eigenvalue weighted by atomic mass is 10.2. The third kappa shape index (κ3) is 4.35. The van der Waals surface area contributed by atoms with Crippen molar-refractivity contribution in [1.82, 2.24) is 20.2 Å². The van der Waals surface area contributed by atoms with Crippen molar-refractivity contribution in [2.24, 2.45) is 0 Å². The summed E-state index contributed by atoms with van der Waals surface area (Å²) in [6, 6.07) is 12.6. The molecule has 8 nitrogen and oxygen atoms in total. The second-order valence-corrected chi connectivity index (χ2v) is 5.50. The van der Waals surface area contributed by atoms with Gasteiger partial charge in [-0.2, -0.15) is 0 Å². The van der Waals surface area contributed by atoms with Gasteiger partial charge in [0, 0.05) is 5.69 Å². The smallest absolute Gasteiger partial charge is 0.262 e. The standard InChI is InChI=1S/C18H19N5O3/c1-3-25-15-5-7-16(8-6-15)26-11-18(24)20-14-4-9-17(13(2)10-14)23-12-19-21-22-23/h4-10,12H,3,11H2,1-2H3,(H,20,24). The number of aryl methyl sites for hydroxylation is 1. The molecule has 0 saturated carbocycles. The van der Waals surface area contributed by atoms with Gasteiger partial charge in [0.2, 0.25) is 0 Å². The fraction of sp³-hybridized carbons (Fsp3) is 0.222. The van der Waals surface area contributed by atoms with Crippen LogP contribution in [0.5, 0.6) is 11.5 Å². The molecule has 0 aliphatic carbocycles. The first kappa shape index (κ1) is 17.4. The highest BCUT2D eigenvalue weighted by Gasteiger charge is 2.07. The minimum Gasteiger partial charge on any atom is -0.494 e. The predicted molar refractivity (Wildman–Crippen MR) is 95.6 cm³/mol. The zero-order chi connectivity index (χ0) is 18.4. The molecule has 0 unspecified atom stereocenters. The summed E-state index contributed by atoms with van der Waals surface area (Å²) in [4.78, 5) is 12.1. The van der Waals surface area contributed by atoms with Crippen LogP contribution in [0.1, 0.15) is 12.5 Å². The first-order chi connectivity index (χ1) is 12.7. The molecule has 134 valence electrons. The number of carbonyl (C=O) groups is 1. The third-order valence-corrected chi connectivity index (χ3v) is 3.58. The molecule has 8 heteroatoms. The first-order valence-corrected chi connectivity index (χ1v) is 8.15. The van der Waals surface area contributed by atoms with E-state index in [1.807, 2.05) is 26.0 Å². The lowest BCUT2D eigenvalue weighted by molar-refractivity contribution is -0.118. The number of benzene rings is 2. The fourth-order valence-electron chi connectivity index (χ4n) is 2.41. The van der Waals surface area contributed by atoms with Crippen LogP contribution in [-0.2, 0) is 4.79 Å². The lowest BCUT2D eigenvalue weighted by Crippen LogP contribution is -2.20. The lowest BCUT2D eigenvalue weighted by Gasteiger charge is -2.10. The van der Waals surface area contributed by atoms with E-state index in [4.69, 9.17) is 9.47 Å². The van der Waals surface area contributed by atoms with Crippen molar-refractivity contribution in [3.8, 4) is 17.2 Å². The Bertz CT molecular complexity index is 863. The maximum Gasteiger partial charge on any atom is 0.262 e. The molecule has 26 heavy (non-hydrogen) atoms. The normalized spacial score (nSPS) is 10.4. The quantitative estimate of drug-likeness (QED) is 0.701. The molecule has 0 aliphatic heterocycles. The number of nitrogens with one attached hydrogen (secondary N) is 1. The topological polar surface area (TPSA) is 91.2 Å². The van der Waals surface area contributed by atoms with Gasteiger partial charge in [-0.25, -0.2) is 4.68 Å². The number of aromatic nitrogens is 4. The molecule has 0 atom stereocenters. The Morgan fingerprint density at radius 2 is 1.85 bits per heavy atom. The Hall–Kier alpha value is -3.42. The number of amides is 1. The van der Waals surface area contributed by atoms with Gasteiger partial charge >= 0.3 is 0 Å². The zero-order valence-corrected chi connectivity index (χ0v) is 14.5. The number of tetrazole rings is 1. The van der Waals surface area contributed by atoms with Gasteiger partial charge in [-0.15, -0.1) is 5.10 Å². The average molecular weight is 353 g/mol. The monoisotopic (exact) mass is 353 g/mol. The molecule has 0 spiro atoms. The molecule has 0 radical (unpaired) electrons. The Kier molecular flexibility index (Phi) is 5.43. The van der Waals surface area contributed by atoms with E-state index in [0.29, 0.717) is 18.0 Å². The SMILES string of the molecule is CCOc1ccc(OCC(=O)Nc2ccc(-n3cnnn3)c(C)c2)cc1. The van der Waals surface area contributed by atoms with Crippen molar-refractivity contribution < 1.29 is 14.3 Å². The Morgan fingerprint density at radius 3 is 2.46 bits per heavy atom. The Labute approximate surface area is 150 Å². The van der Waals surface area contributed by atoms with E-state index in [2.05, 4.69) is 20.8 Å². The predicted octanol–water partition coefficient (Wildman–Crippen LogP) is 2.39. The Balaban J connectivity index is 1.55. The zero-order valence-electron chi connectivity index (χ0n) is 14.5. The second kappa shape index (κ2) is 8.11.